The molecule has 0 spiro atoms. The molecule has 11 heavy (non-hydrogen) atoms. The number of benzene rings is 1. The van der Waals surface area contributed by atoms with Crippen molar-refractivity contribution in [1.29, 1.82) is 0 Å². The van der Waals surface area contributed by atoms with Crippen molar-refractivity contribution < 1.29 is 9.80 Å². The second kappa shape index (κ2) is 2.53. The van der Waals surface area contributed by atoms with Gasteiger partial charge in [0.1, 0.15) is 12.3 Å². The first-order chi connectivity index (χ1) is 5.36. The second-order valence-electron chi connectivity index (χ2n) is 2.54. The lowest BCUT2D eigenvalue weighted by molar-refractivity contribution is -0.883. The molecule has 0 amide bonds. The SMILES string of the molecule is [O-][NH+]1COc2c[c]ccc2C1. The van der Waals surface area contributed by atoms with Crippen molar-refractivity contribution >= 4 is 0 Å². The van der Waals surface area contributed by atoms with Crippen molar-refractivity contribution in [3.63, 3.8) is 0 Å². The lowest BCUT2D eigenvalue weighted by atomic mass is 10.2. The van der Waals surface area contributed by atoms with Crippen molar-refractivity contribution in [1.82, 2.24) is 0 Å². The monoisotopic (exact) mass is 150 g/mol. The Bertz CT molecular complexity index is 262. The van der Waals surface area contributed by atoms with Crippen LogP contribution in [0.2, 0.25) is 0 Å². The molecule has 1 aromatic rings. The largest absolute Gasteiger partial charge is 0.632 e. The molecule has 2 rings (SSSR count). The van der Waals surface area contributed by atoms with E-state index in [2.05, 4.69) is 6.07 Å². The summed E-state index contributed by atoms with van der Waals surface area (Å²) in [6.45, 7) is 0.717. The van der Waals surface area contributed by atoms with Gasteiger partial charge in [-0.05, 0) is 18.2 Å². The van der Waals surface area contributed by atoms with Gasteiger partial charge in [0, 0.05) is 5.56 Å². The molecule has 3 heteroatoms. The summed E-state index contributed by atoms with van der Waals surface area (Å²) in [7, 11) is 0. The first-order valence-electron chi connectivity index (χ1n) is 3.50. The number of nitrogens with one attached hydrogen (secondary N) is 1. The fraction of sp³-hybridized carbons (Fsp3) is 0.250. The van der Waals surface area contributed by atoms with Crippen LogP contribution >= 0.6 is 0 Å². The van der Waals surface area contributed by atoms with Gasteiger partial charge < -0.3 is 15.0 Å². The number of hydrogen-bond acceptors (Lipinski definition) is 2. The molecule has 1 aromatic carbocycles. The van der Waals surface area contributed by atoms with Crippen LogP contribution in [0.5, 0.6) is 5.75 Å². The summed E-state index contributed by atoms with van der Waals surface area (Å²) < 4.78 is 5.15. The van der Waals surface area contributed by atoms with E-state index in [1.54, 1.807) is 12.1 Å². The maximum Gasteiger partial charge on any atom is 0.222 e. The van der Waals surface area contributed by atoms with Gasteiger partial charge in [0.05, 0.1) is 0 Å². The number of hydroxylamine groups is 2. The van der Waals surface area contributed by atoms with Gasteiger partial charge in [-0.15, -0.1) is 0 Å². The van der Waals surface area contributed by atoms with Gasteiger partial charge in [0.15, 0.2) is 0 Å². The fourth-order valence-corrected chi connectivity index (χ4v) is 1.15. The number of quaternary nitrogens is 1. The van der Waals surface area contributed by atoms with Gasteiger partial charge >= 0.3 is 0 Å². The Hall–Kier alpha value is -1.06. The van der Waals surface area contributed by atoms with E-state index >= 15 is 0 Å². The lowest BCUT2D eigenvalue weighted by Gasteiger charge is -2.27. The van der Waals surface area contributed by atoms with Gasteiger partial charge in [-0.2, -0.15) is 0 Å². The zero-order valence-electron chi connectivity index (χ0n) is 5.96. The van der Waals surface area contributed by atoms with Crippen molar-refractivity contribution in [3.05, 3.63) is 35.0 Å². The second-order valence-corrected chi connectivity index (χ2v) is 2.54. The molecule has 1 unspecified atom stereocenters. The third kappa shape index (κ3) is 1.20. The average molecular weight is 150 g/mol. The average Bonchev–Trinajstić information content (AvgIpc) is 2.04. The zero-order valence-corrected chi connectivity index (χ0v) is 5.96. The minimum absolute atomic E-state index is 0.142. The molecule has 1 atom stereocenters. The molecule has 0 aliphatic carbocycles. The van der Waals surface area contributed by atoms with Crippen molar-refractivity contribution in [2.24, 2.45) is 0 Å². The highest BCUT2D eigenvalue weighted by Crippen LogP contribution is 2.17. The van der Waals surface area contributed by atoms with E-state index < -0.39 is 0 Å². The van der Waals surface area contributed by atoms with Crippen molar-refractivity contribution in [3.8, 4) is 5.75 Å². The standard InChI is InChI=1S/C8H8NO2/c10-9-5-7-3-1-2-4-8(7)11-6-9/h1,3-4,9H,5-6H2. The van der Waals surface area contributed by atoms with Crippen molar-refractivity contribution in [2.45, 2.75) is 6.54 Å². The molecule has 1 aliphatic heterocycles. The van der Waals surface area contributed by atoms with E-state index in [0.717, 1.165) is 11.3 Å². The topological polar surface area (TPSA) is 36.7 Å². The predicted octanol–water partition coefficient (Wildman–Crippen LogP) is -0.281. The summed E-state index contributed by atoms with van der Waals surface area (Å²) >= 11 is 0. The molecular weight excluding hydrogens is 142 g/mol. The Labute approximate surface area is 64.8 Å². The Morgan fingerprint density at radius 2 is 2.55 bits per heavy atom. The third-order valence-electron chi connectivity index (χ3n) is 1.69. The van der Waals surface area contributed by atoms with Crippen LogP contribution < -0.4 is 9.80 Å². The molecular formula is C8H8NO2. The zero-order chi connectivity index (χ0) is 7.68. The van der Waals surface area contributed by atoms with E-state index in [1.807, 2.05) is 6.07 Å². The van der Waals surface area contributed by atoms with Crippen molar-refractivity contribution in [2.75, 3.05) is 6.73 Å². The van der Waals surface area contributed by atoms with Crippen LogP contribution in [0.3, 0.4) is 0 Å². The molecule has 1 radical (unpaired) electrons. The molecule has 0 fully saturated rings. The van der Waals surface area contributed by atoms with Gasteiger partial charge in [0.25, 0.3) is 0 Å². The molecule has 1 N–H and O–H groups in total. The first kappa shape index (κ1) is 6.64. The maximum absolute atomic E-state index is 10.9. The summed E-state index contributed by atoms with van der Waals surface area (Å²) in [5.74, 6) is 0.798. The number of rotatable bonds is 0. The highest BCUT2D eigenvalue weighted by Gasteiger charge is 2.12. The summed E-state index contributed by atoms with van der Waals surface area (Å²) in [5.41, 5.74) is 0.972. The van der Waals surface area contributed by atoms with E-state index in [9.17, 15) is 5.21 Å². The summed E-state index contributed by atoms with van der Waals surface area (Å²) in [4.78, 5) is 0. The minimum atomic E-state index is 0.142. The van der Waals surface area contributed by atoms with E-state index in [4.69, 9.17) is 4.74 Å². The third-order valence-corrected chi connectivity index (χ3v) is 1.69. The fourth-order valence-electron chi connectivity index (χ4n) is 1.15. The quantitative estimate of drug-likeness (QED) is 0.516. The highest BCUT2D eigenvalue weighted by molar-refractivity contribution is 5.32. The number of ether oxygens (including phenoxy) is 1. The van der Waals surface area contributed by atoms with Crippen LogP contribution in [0.1, 0.15) is 5.56 Å². The Kier molecular flexibility index (Phi) is 1.52. The minimum Gasteiger partial charge on any atom is -0.632 e. The van der Waals surface area contributed by atoms with Gasteiger partial charge in [-0.1, -0.05) is 6.07 Å². The highest BCUT2D eigenvalue weighted by atomic mass is 16.6. The van der Waals surface area contributed by atoms with Crippen LogP contribution in [-0.4, -0.2) is 6.73 Å². The van der Waals surface area contributed by atoms with Crippen LogP contribution in [0, 0.1) is 11.3 Å². The Morgan fingerprint density at radius 3 is 3.45 bits per heavy atom. The first-order valence-corrected chi connectivity index (χ1v) is 3.50. The molecule has 0 bridgehead atoms. The maximum atomic E-state index is 10.9. The van der Waals surface area contributed by atoms with Gasteiger partial charge in [0.2, 0.25) is 6.73 Å². The van der Waals surface area contributed by atoms with Crippen LogP contribution in [0.25, 0.3) is 0 Å². The van der Waals surface area contributed by atoms with E-state index in [-0.39, 0.29) is 11.8 Å². The predicted molar refractivity (Wildman–Crippen MR) is 38.8 cm³/mol. The van der Waals surface area contributed by atoms with Crippen LogP contribution in [0.15, 0.2) is 18.2 Å². The summed E-state index contributed by atoms with van der Waals surface area (Å²) in [6.07, 6.45) is 0. The molecule has 0 saturated carbocycles. The lowest BCUT2D eigenvalue weighted by Crippen LogP contribution is -3.07. The molecule has 0 saturated heterocycles. The molecule has 1 heterocycles. The van der Waals surface area contributed by atoms with Crippen LogP contribution in [0.4, 0.5) is 0 Å². The van der Waals surface area contributed by atoms with Crippen LogP contribution in [-0.2, 0) is 6.54 Å². The number of fused-ring (bicyclic) bond motifs is 1. The van der Waals surface area contributed by atoms with E-state index in [1.165, 1.54) is 0 Å². The molecule has 0 aromatic heterocycles. The summed E-state index contributed by atoms with van der Waals surface area (Å²) in [5, 5.41) is 11.0. The molecule has 1 aliphatic rings. The summed E-state index contributed by atoms with van der Waals surface area (Å²) in [6, 6.07) is 8.32. The number of hydrogen-bond donors (Lipinski definition) is 1. The molecule has 3 nitrogen and oxygen atoms in total. The van der Waals surface area contributed by atoms with E-state index in [0.29, 0.717) is 6.54 Å². The molecule has 57 valence electrons. The normalized spacial score (nSPS) is 22.1. The van der Waals surface area contributed by atoms with Gasteiger partial charge in [-0.25, -0.2) is 0 Å². The van der Waals surface area contributed by atoms with Gasteiger partial charge in [-0.3, -0.25) is 0 Å². The Morgan fingerprint density at radius 1 is 1.64 bits per heavy atom. The smallest absolute Gasteiger partial charge is 0.222 e. The Balaban J connectivity index is 2.34.